The van der Waals surface area contributed by atoms with E-state index in [-0.39, 0.29) is 6.04 Å². The molecule has 0 amide bonds. The Hall–Kier alpha value is -0.900. The lowest BCUT2D eigenvalue weighted by molar-refractivity contribution is 0.380. The molecule has 66 valence electrons. The predicted molar refractivity (Wildman–Crippen MR) is 43.3 cm³/mol. The van der Waals surface area contributed by atoms with Crippen LogP contribution in [0.3, 0.4) is 0 Å². The molecule has 1 saturated carbocycles. The van der Waals surface area contributed by atoms with Gasteiger partial charge in [-0.05, 0) is 12.3 Å². The highest BCUT2D eigenvalue weighted by Crippen LogP contribution is 2.36. The van der Waals surface area contributed by atoms with Gasteiger partial charge < -0.3 is 10.3 Å². The van der Waals surface area contributed by atoms with E-state index < -0.39 is 0 Å². The maximum Gasteiger partial charge on any atom is 0.223 e. The minimum Gasteiger partial charge on any atom is -0.340 e. The van der Waals surface area contributed by atoms with E-state index in [1.807, 2.05) is 0 Å². The molecule has 0 bridgehead atoms. The van der Waals surface area contributed by atoms with Gasteiger partial charge in [-0.15, -0.1) is 0 Å². The highest BCUT2D eigenvalue weighted by Gasteiger charge is 2.26. The molecule has 1 atom stereocenters. The Labute approximate surface area is 71.1 Å². The molecule has 0 unspecified atom stereocenters. The molecule has 0 aromatic carbocycles. The van der Waals surface area contributed by atoms with E-state index in [2.05, 4.69) is 10.1 Å². The summed E-state index contributed by atoms with van der Waals surface area (Å²) in [5.41, 5.74) is 5.86. The summed E-state index contributed by atoms with van der Waals surface area (Å²) in [5, 5.41) is 3.79. The Balaban J connectivity index is 1.97. The number of aromatic nitrogens is 2. The zero-order valence-electron chi connectivity index (χ0n) is 7.16. The highest BCUT2D eigenvalue weighted by molar-refractivity contribution is 4.94. The minimum absolute atomic E-state index is 0.0325. The van der Waals surface area contributed by atoms with Crippen LogP contribution in [0.25, 0.3) is 0 Å². The van der Waals surface area contributed by atoms with Crippen LogP contribution in [0, 0.1) is 12.8 Å². The molecule has 0 saturated heterocycles. The van der Waals surface area contributed by atoms with Crippen LogP contribution in [0.2, 0.25) is 0 Å². The van der Waals surface area contributed by atoms with Crippen LogP contribution >= 0.6 is 0 Å². The summed E-state index contributed by atoms with van der Waals surface area (Å²) in [6, 6.07) is -0.0325. The fourth-order valence-electron chi connectivity index (χ4n) is 1.28. The second-order valence-corrected chi connectivity index (χ2v) is 3.46. The van der Waals surface area contributed by atoms with Gasteiger partial charge in [0, 0.05) is 6.92 Å². The molecule has 0 radical (unpaired) electrons. The third-order valence-electron chi connectivity index (χ3n) is 2.16. The van der Waals surface area contributed by atoms with Crippen LogP contribution < -0.4 is 5.73 Å². The van der Waals surface area contributed by atoms with Gasteiger partial charge in [0.25, 0.3) is 0 Å². The number of nitrogens with zero attached hydrogens (tertiary/aromatic N) is 2. The van der Waals surface area contributed by atoms with Gasteiger partial charge in [-0.3, -0.25) is 0 Å². The number of aryl methyl sites for hydroxylation is 1. The first-order valence-electron chi connectivity index (χ1n) is 4.31. The molecular weight excluding hydrogens is 154 g/mol. The van der Waals surface area contributed by atoms with Crippen molar-refractivity contribution in [3.63, 3.8) is 0 Å². The molecule has 4 heteroatoms. The number of hydrogen-bond donors (Lipinski definition) is 1. The molecule has 0 spiro atoms. The van der Waals surface area contributed by atoms with Crippen molar-refractivity contribution in [2.45, 2.75) is 32.2 Å². The number of hydrogen-bond acceptors (Lipinski definition) is 4. The zero-order chi connectivity index (χ0) is 8.55. The van der Waals surface area contributed by atoms with Gasteiger partial charge in [0.2, 0.25) is 5.89 Å². The molecule has 1 aromatic rings. The second kappa shape index (κ2) is 2.86. The van der Waals surface area contributed by atoms with E-state index in [0.29, 0.717) is 11.7 Å². The van der Waals surface area contributed by atoms with E-state index in [9.17, 15) is 0 Å². The molecule has 2 N–H and O–H groups in total. The first-order valence-corrected chi connectivity index (χ1v) is 4.31. The molecule has 1 aliphatic carbocycles. The van der Waals surface area contributed by atoms with Crippen LogP contribution in [0.15, 0.2) is 4.52 Å². The first kappa shape index (κ1) is 7.73. The SMILES string of the molecule is Cc1nc([C@@H](N)CC2CC2)no1. The van der Waals surface area contributed by atoms with Crippen molar-refractivity contribution >= 4 is 0 Å². The van der Waals surface area contributed by atoms with Crippen molar-refractivity contribution in [1.29, 1.82) is 0 Å². The lowest BCUT2D eigenvalue weighted by Crippen LogP contribution is -2.12. The molecule has 12 heavy (non-hydrogen) atoms. The van der Waals surface area contributed by atoms with Crippen molar-refractivity contribution < 1.29 is 4.52 Å². The van der Waals surface area contributed by atoms with Gasteiger partial charge in [0.05, 0.1) is 6.04 Å². The summed E-state index contributed by atoms with van der Waals surface area (Å²) in [5.74, 6) is 2.05. The summed E-state index contributed by atoms with van der Waals surface area (Å²) in [6.07, 6.45) is 3.62. The third-order valence-corrected chi connectivity index (χ3v) is 2.16. The third kappa shape index (κ3) is 1.64. The standard InChI is InChI=1S/C8H13N3O/c1-5-10-8(11-12-5)7(9)4-6-2-3-6/h6-7H,2-4,9H2,1H3/t7-/m0/s1. The highest BCUT2D eigenvalue weighted by atomic mass is 16.5. The van der Waals surface area contributed by atoms with Crippen molar-refractivity contribution in [2.24, 2.45) is 11.7 Å². The van der Waals surface area contributed by atoms with Crippen molar-refractivity contribution in [3.05, 3.63) is 11.7 Å². The van der Waals surface area contributed by atoms with Crippen molar-refractivity contribution in [1.82, 2.24) is 10.1 Å². The van der Waals surface area contributed by atoms with E-state index in [0.717, 1.165) is 12.3 Å². The van der Waals surface area contributed by atoms with E-state index in [1.54, 1.807) is 6.92 Å². The number of nitrogens with two attached hydrogens (primary N) is 1. The lowest BCUT2D eigenvalue weighted by Gasteiger charge is -2.03. The van der Waals surface area contributed by atoms with Crippen LogP contribution in [-0.4, -0.2) is 10.1 Å². The second-order valence-electron chi connectivity index (χ2n) is 3.46. The molecule has 1 aliphatic rings. The van der Waals surface area contributed by atoms with Crippen LogP contribution in [0.1, 0.15) is 37.0 Å². The van der Waals surface area contributed by atoms with Crippen LogP contribution in [-0.2, 0) is 0 Å². The largest absolute Gasteiger partial charge is 0.340 e. The van der Waals surface area contributed by atoms with Gasteiger partial charge in [-0.2, -0.15) is 4.98 Å². The molecule has 4 nitrogen and oxygen atoms in total. The molecule has 0 aliphatic heterocycles. The summed E-state index contributed by atoms with van der Waals surface area (Å²) in [4.78, 5) is 4.09. The van der Waals surface area contributed by atoms with Crippen LogP contribution in [0.4, 0.5) is 0 Å². The zero-order valence-corrected chi connectivity index (χ0v) is 7.16. The molecule has 1 fully saturated rings. The number of rotatable bonds is 3. The maximum absolute atomic E-state index is 5.86. The van der Waals surface area contributed by atoms with Crippen LogP contribution in [0.5, 0.6) is 0 Å². The minimum atomic E-state index is -0.0325. The Kier molecular flexibility index (Phi) is 1.84. The Bertz CT molecular complexity index is 267. The quantitative estimate of drug-likeness (QED) is 0.734. The molecular formula is C8H13N3O. The Morgan fingerprint density at radius 1 is 1.67 bits per heavy atom. The average Bonchev–Trinajstić information content (AvgIpc) is 2.72. The Morgan fingerprint density at radius 2 is 2.42 bits per heavy atom. The first-order chi connectivity index (χ1) is 5.75. The van der Waals surface area contributed by atoms with E-state index in [1.165, 1.54) is 12.8 Å². The fraction of sp³-hybridized carbons (Fsp3) is 0.750. The molecule has 1 heterocycles. The maximum atomic E-state index is 5.86. The molecule has 2 rings (SSSR count). The smallest absolute Gasteiger partial charge is 0.223 e. The Morgan fingerprint density at radius 3 is 2.92 bits per heavy atom. The van der Waals surface area contributed by atoms with Gasteiger partial charge in [0.15, 0.2) is 5.82 Å². The van der Waals surface area contributed by atoms with Crippen molar-refractivity contribution in [3.8, 4) is 0 Å². The summed E-state index contributed by atoms with van der Waals surface area (Å²) < 4.78 is 4.85. The van der Waals surface area contributed by atoms with Gasteiger partial charge >= 0.3 is 0 Å². The summed E-state index contributed by atoms with van der Waals surface area (Å²) in [6.45, 7) is 1.78. The monoisotopic (exact) mass is 167 g/mol. The van der Waals surface area contributed by atoms with Crippen molar-refractivity contribution in [2.75, 3.05) is 0 Å². The molecule has 1 aromatic heterocycles. The normalized spacial score (nSPS) is 19.5. The van der Waals surface area contributed by atoms with Gasteiger partial charge in [0.1, 0.15) is 0 Å². The topological polar surface area (TPSA) is 64.9 Å². The van der Waals surface area contributed by atoms with E-state index in [4.69, 9.17) is 10.3 Å². The fourth-order valence-corrected chi connectivity index (χ4v) is 1.28. The van der Waals surface area contributed by atoms with E-state index >= 15 is 0 Å². The van der Waals surface area contributed by atoms with Gasteiger partial charge in [-0.25, -0.2) is 0 Å². The predicted octanol–water partition coefficient (Wildman–Crippen LogP) is 1.18. The summed E-state index contributed by atoms with van der Waals surface area (Å²) in [7, 11) is 0. The summed E-state index contributed by atoms with van der Waals surface area (Å²) >= 11 is 0. The van der Waals surface area contributed by atoms with Gasteiger partial charge in [-0.1, -0.05) is 18.0 Å². The lowest BCUT2D eigenvalue weighted by atomic mass is 10.1. The average molecular weight is 167 g/mol.